The molecule has 0 saturated heterocycles. The molecule has 0 heterocycles. The summed E-state index contributed by atoms with van der Waals surface area (Å²) in [4.78, 5) is 26.3. The fourth-order valence-electron chi connectivity index (χ4n) is 3.15. The number of hydrogen-bond donors (Lipinski definition) is 2. The van der Waals surface area contributed by atoms with E-state index in [1.807, 2.05) is 85.8 Å². The third-order valence-electron chi connectivity index (χ3n) is 4.89. The van der Waals surface area contributed by atoms with Gasteiger partial charge in [-0.1, -0.05) is 66.7 Å². The van der Waals surface area contributed by atoms with E-state index in [0.717, 1.165) is 16.7 Å². The molecule has 3 amide bonds. The molecule has 6 heteroatoms. The van der Waals surface area contributed by atoms with Gasteiger partial charge in [0.05, 0.1) is 5.69 Å². The predicted molar refractivity (Wildman–Crippen MR) is 127 cm³/mol. The number of rotatable bonds is 9. The van der Waals surface area contributed by atoms with Crippen LogP contribution in [0.2, 0.25) is 0 Å². The van der Waals surface area contributed by atoms with Crippen molar-refractivity contribution in [2.24, 2.45) is 0 Å². The molecular weight excluding hydrogens is 402 g/mol. The molecule has 0 saturated carbocycles. The van der Waals surface area contributed by atoms with Crippen molar-refractivity contribution in [3.63, 3.8) is 0 Å². The number of ether oxygens (including phenoxy) is 1. The van der Waals surface area contributed by atoms with Crippen LogP contribution in [0.5, 0.6) is 5.75 Å². The van der Waals surface area contributed by atoms with Crippen LogP contribution in [0.3, 0.4) is 0 Å². The number of hydrogen-bond acceptors (Lipinski definition) is 3. The van der Waals surface area contributed by atoms with E-state index in [-0.39, 0.29) is 24.9 Å². The highest BCUT2D eigenvalue weighted by atomic mass is 16.5. The zero-order valence-electron chi connectivity index (χ0n) is 18.5. The van der Waals surface area contributed by atoms with Crippen LogP contribution in [0.1, 0.15) is 23.1 Å². The van der Waals surface area contributed by atoms with Crippen LogP contribution < -0.4 is 15.4 Å². The molecule has 3 rings (SSSR count). The molecule has 32 heavy (non-hydrogen) atoms. The number of amides is 3. The number of carbonyl (C=O) groups excluding carboxylic acids is 2. The summed E-state index contributed by atoms with van der Waals surface area (Å²) in [6, 6.07) is 25.1. The molecule has 0 unspecified atom stereocenters. The van der Waals surface area contributed by atoms with E-state index in [1.165, 1.54) is 0 Å². The van der Waals surface area contributed by atoms with Crippen LogP contribution >= 0.6 is 0 Å². The lowest BCUT2D eigenvalue weighted by atomic mass is 10.2. The van der Waals surface area contributed by atoms with Gasteiger partial charge in [0.2, 0.25) is 5.91 Å². The van der Waals surface area contributed by atoms with Gasteiger partial charge < -0.3 is 20.3 Å². The molecule has 2 N–H and O–H groups in total. The van der Waals surface area contributed by atoms with Crippen LogP contribution in [0.25, 0.3) is 0 Å². The van der Waals surface area contributed by atoms with Crippen molar-refractivity contribution >= 4 is 17.6 Å². The first-order valence-corrected chi connectivity index (χ1v) is 10.6. The second kappa shape index (κ2) is 11.6. The average Bonchev–Trinajstić information content (AvgIpc) is 2.80. The SMILES string of the molecule is Cc1ccc(NC(=O)CCNC(=O)N(C)Cc2ccccc2)c(OCc2ccccc2)c1. The Morgan fingerprint density at radius 2 is 1.56 bits per heavy atom. The zero-order chi connectivity index (χ0) is 22.8. The lowest BCUT2D eigenvalue weighted by Crippen LogP contribution is -2.38. The first-order chi connectivity index (χ1) is 15.5. The number of carbonyl (C=O) groups is 2. The molecule has 166 valence electrons. The molecule has 3 aromatic rings. The van der Waals surface area contributed by atoms with Crippen LogP contribution in [-0.2, 0) is 17.9 Å². The maximum Gasteiger partial charge on any atom is 0.317 e. The molecule has 0 fully saturated rings. The summed E-state index contributed by atoms with van der Waals surface area (Å²) in [6.07, 6.45) is 0.164. The van der Waals surface area contributed by atoms with Crippen molar-refractivity contribution in [1.82, 2.24) is 10.2 Å². The Hall–Kier alpha value is -3.80. The normalized spacial score (nSPS) is 10.3. The Kier molecular flexibility index (Phi) is 8.26. The van der Waals surface area contributed by atoms with E-state index < -0.39 is 0 Å². The van der Waals surface area contributed by atoms with Crippen LogP contribution in [0.4, 0.5) is 10.5 Å². The lowest BCUT2D eigenvalue weighted by Gasteiger charge is -2.18. The number of aryl methyl sites for hydroxylation is 1. The van der Waals surface area contributed by atoms with Gasteiger partial charge in [-0.15, -0.1) is 0 Å². The van der Waals surface area contributed by atoms with E-state index >= 15 is 0 Å². The second-order valence-corrected chi connectivity index (χ2v) is 7.65. The maximum atomic E-state index is 12.4. The summed E-state index contributed by atoms with van der Waals surface area (Å²) in [7, 11) is 1.73. The second-order valence-electron chi connectivity index (χ2n) is 7.65. The Morgan fingerprint density at radius 3 is 2.25 bits per heavy atom. The standard InChI is InChI=1S/C26H29N3O3/c1-20-13-14-23(24(17-20)32-19-22-11-7-4-8-12-22)28-25(30)15-16-27-26(31)29(2)18-21-9-5-3-6-10-21/h3-14,17H,15-16,18-19H2,1-2H3,(H,27,31)(H,28,30). The molecule has 0 aliphatic carbocycles. The minimum Gasteiger partial charge on any atom is -0.487 e. The average molecular weight is 432 g/mol. The van der Waals surface area contributed by atoms with Gasteiger partial charge in [0.15, 0.2) is 0 Å². The van der Waals surface area contributed by atoms with E-state index in [0.29, 0.717) is 24.6 Å². The van der Waals surface area contributed by atoms with E-state index in [4.69, 9.17) is 4.74 Å². The van der Waals surface area contributed by atoms with Crippen LogP contribution in [0, 0.1) is 6.92 Å². The monoisotopic (exact) mass is 431 g/mol. The van der Waals surface area contributed by atoms with Gasteiger partial charge in [0, 0.05) is 26.6 Å². The molecule has 0 bridgehead atoms. The zero-order valence-corrected chi connectivity index (χ0v) is 18.5. The topological polar surface area (TPSA) is 70.7 Å². The Morgan fingerprint density at radius 1 is 0.906 bits per heavy atom. The summed E-state index contributed by atoms with van der Waals surface area (Å²) < 4.78 is 5.94. The Labute approximate surface area is 189 Å². The van der Waals surface area contributed by atoms with Gasteiger partial charge >= 0.3 is 6.03 Å². The minimum absolute atomic E-state index is 0.164. The van der Waals surface area contributed by atoms with E-state index in [9.17, 15) is 9.59 Å². The van der Waals surface area contributed by atoms with E-state index in [1.54, 1.807) is 11.9 Å². The van der Waals surface area contributed by atoms with Crippen LogP contribution in [-0.4, -0.2) is 30.4 Å². The number of benzene rings is 3. The van der Waals surface area contributed by atoms with Gasteiger partial charge in [-0.05, 0) is 35.7 Å². The van der Waals surface area contributed by atoms with Crippen molar-refractivity contribution < 1.29 is 14.3 Å². The lowest BCUT2D eigenvalue weighted by molar-refractivity contribution is -0.116. The first kappa shape index (κ1) is 22.9. The molecule has 0 radical (unpaired) electrons. The largest absolute Gasteiger partial charge is 0.487 e. The highest BCUT2D eigenvalue weighted by Crippen LogP contribution is 2.26. The first-order valence-electron chi connectivity index (χ1n) is 10.6. The molecule has 0 aliphatic heterocycles. The maximum absolute atomic E-state index is 12.4. The molecule has 0 aromatic heterocycles. The molecule has 0 aliphatic rings. The Balaban J connectivity index is 1.47. The molecule has 0 atom stereocenters. The minimum atomic E-state index is -0.219. The van der Waals surface area contributed by atoms with Crippen molar-refractivity contribution in [3.05, 3.63) is 95.6 Å². The third-order valence-corrected chi connectivity index (χ3v) is 4.89. The van der Waals surface area contributed by atoms with Gasteiger partial charge in [-0.3, -0.25) is 4.79 Å². The predicted octanol–water partition coefficient (Wildman–Crippen LogP) is 4.74. The quantitative estimate of drug-likeness (QED) is 0.514. The summed E-state index contributed by atoms with van der Waals surface area (Å²) in [6.45, 7) is 3.14. The van der Waals surface area contributed by atoms with Crippen molar-refractivity contribution in [2.45, 2.75) is 26.5 Å². The highest BCUT2D eigenvalue weighted by molar-refractivity contribution is 5.92. The van der Waals surface area contributed by atoms with Crippen molar-refractivity contribution in [1.29, 1.82) is 0 Å². The van der Waals surface area contributed by atoms with Crippen LogP contribution in [0.15, 0.2) is 78.9 Å². The number of urea groups is 1. The number of nitrogens with zero attached hydrogens (tertiary/aromatic N) is 1. The highest BCUT2D eigenvalue weighted by Gasteiger charge is 2.12. The fourth-order valence-corrected chi connectivity index (χ4v) is 3.15. The number of nitrogens with one attached hydrogen (secondary N) is 2. The molecular formula is C26H29N3O3. The summed E-state index contributed by atoms with van der Waals surface area (Å²) in [5.74, 6) is 0.429. The summed E-state index contributed by atoms with van der Waals surface area (Å²) in [5.41, 5.74) is 3.75. The van der Waals surface area contributed by atoms with Crippen molar-refractivity contribution in [3.8, 4) is 5.75 Å². The van der Waals surface area contributed by atoms with Gasteiger partial charge in [-0.2, -0.15) is 0 Å². The Bertz CT molecular complexity index is 1020. The smallest absolute Gasteiger partial charge is 0.317 e. The molecule has 3 aromatic carbocycles. The summed E-state index contributed by atoms with van der Waals surface area (Å²) in [5, 5.41) is 5.67. The van der Waals surface area contributed by atoms with Gasteiger partial charge in [-0.25, -0.2) is 4.79 Å². The molecule has 0 spiro atoms. The third kappa shape index (κ3) is 7.16. The number of anilines is 1. The van der Waals surface area contributed by atoms with Gasteiger partial charge in [0.25, 0.3) is 0 Å². The molecule has 6 nitrogen and oxygen atoms in total. The fraction of sp³-hybridized carbons (Fsp3) is 0.231. The van der Waals surface area contributed by atoms with Crippen molar-refractivity contribution in [2.75, 3.05) is 18.9 Å². The van der Waals surface area contributed by atoms with Gasteiger partial charge in [0.1, 0.15) is 12.4 Å². The summed E-state index contributed by atoms with van der Waals surface area (Å²) >= 11 is 0. The van der Waals surface area contributed by atoms with E-state index in [2.05, 4.69) is 10.6 Å².